The average Bonchev–Trinajstić information content (AvgIpc) is 2.39. The molecule has 1 N–H and O–H groups in total. The molecule has 0 saturated heterocycles. The molecular weight excluding hydrogens is 308 g/mol. The summed E-state index contributed by atoms with van der Waals surface area (Å²) in [5.41, 5.74) is 0.982. The zero-order valence-electron chi connectivity index (χ0n) is 10.1. The number of hydrogen-bond acceptors (Lipinski definition) is 2. The van der Waals surface area contributed by atoms with E-state index in [1.165, 1.54) is 9.79 Å². The second kappa shape index (κ2) is 6.41. The Morgan fingerprint density at radius 1 is 1.11 bits per heavy atom. The van der Waals surface area contributed by atoms with E-state index in [2.05, 4.69) is 40.2 Å². The molecule has 0 aliphatic heterocycles. The molecule has 2 aromatic carbocycles. The van der Waals surface area contributed by atoms with Crippen molar-refractivity contribution < 1.29 is 5.11 Å². The van der Waals surface area contributed by atoms with E-state index in [0.717, 1.165) is 16.5 Å². The summed E-state index contributed by atoms with van der Waals surface area (Å²) in [6.45, 7) is 1.98. The van der Waals surface area contributed by atoms with Gasteiger partial charge in [0, 0.05) is 14.3 Å². The van der Waals surface area contributed by atoms with Gasteiger partial charge in [-0.2, -0.15) is 0 Å². The summed E-state index contributed by atoms with van der Waals surface area (Å²) in [4.78, 5) is 2.38. The first kappa shape index (κ1) is 13.7. The third-order valence-electron chi connectivity index (χ3n) is 2.68. The van der Waals surface area contributed by atoms with Gasteiger partial charge in [-0.15, -0.1) is 0 Å². The number of aliphatic hydroxyl groups is 1. The Hall–Kier alpha value is -0.770. The average molecular weight is 323 g/mol. The molecule has 0 aliphatic rings. The maximum Gasteiger partial charge on any atom is 0.0787 e. The van der Waals surface area contributed by atoms with Crippen molar-refractivity contribution in [1.82, 2.24) is 0 Å². The minimum absolute atomic E-state index is 0.352. The summed E-state index contributed by atoms with van der Waals surface area (Å²) in [5, 5.41) is 9.73. The summed E-state index contributed by atoms with van der Waals surface area (Å²) in [6, 6.07) is 16.3. The lowest BCUT2D eigenvalue weighted by molar-refractivity contribution is 0.173. The highest BCUT2D eigenvalue weighted by Gasteiger charge is 2.04. The molecule has 0 saturated carbocycles. The van der Waals surface area contributed by atoms with Crippen LogP contribution >= 0.6 is 27.7 Å². The highest BCUT2D eigenvalue weighted by Crippen LogP contribution is 2.30. The van der Waals surface area contributed by atoms with Crippen molar-refractivity contribution in [2.75, 3.05) is 0 Å². The number of rotatable bonds is 4. The zero-order chi connectivity index (χ0) is 13.0. The molecule has 1 atom stereocenters. The van der Waals surface area contributed by atoms with E-state index < -0.39 is 0 Å². The molecule has 0 amide bonds. The van der Waals surface area contributed by atoms with E-state index in [-0.39, 0.29) is 6.10 Å². The van der Waals surface area contributed by atoms with Crippen molar-refractivity contribution >= 4 is 27.7 Å². The van der Waals surface area contributed by atoms with Crippen LogP contribution in [0.2, 0.25) is 0 Å². The first-order valence-electron chi connectivity index (χ1n) is 5.90. The molecule has 0 bridgehead atoms. The van der Waals surface area contributed by atoms with Crippen LogP contribution in [0, 0.1) is 0 Å². The van der Waals surface area contributed by atoms with E-state index in [1.807, 2.05) is 31.2 Å². The predicted octanol–water partition coefficient (Wildman–Crippen LogP) is 5.04. The Kier molecular flexibility index (Phi) is 4.87. The molecule has 94 valence electrons. The molecule has 2 rings (SSSR count). The molecule has 18 heavy (non-hydrogen) atoms. The summed E-state index contributed by atoms with van der Waals surface area (Å²) in [6.07, 6.45) is 0.396. The fraction of sp³-hybridized carbons (Fsp3) is 0.200. The van der Waals surface area contributed by atoms with E-state index in [1.54, 1.807) is 11.8 Å². The smallest absolute Gasteiger partial charge is 0.0787 e. The van der Waals surface area contributed by atoms with Crippen LogP contribution in [0.1, 0.15) is 25.0 Å². The highest BCUT2D eigenvalue weighted by molar-refractivity contribution is 9.10. The Morgan fingerprint density at radius 2 is 1.83 bits per heavy atom. The quantitative estimate of drug-likeness (QED) is 0.850. The van der Waals surface area contributed by atoms with Crippen LogP contribution in [-0.2, 0) is 0 Å². The fourth-order valence-electron chi connectivity index (χ4n) is 1.66. The topological polar surface area (TPSA) is 20.2 Å². The van der Waals surface area contributed by atoms with Gasteiger partial charge in [-0.05, 0) is 42.3 Å². The van der Waals surface area contributed by atoms with Crippen LogP contribution < -0.4 is 0 Å². The van der Waals surface area contributed by atoms with Crippen molar-refractivity contribution in [2.24, 2.45) is 0 Å². The van der Waals surface area contributed by atoms with Crippen molar-refractivity contribution in [3.8, 4) is 0 Å². The van der Waals surface area contributed by atoms with Gasteiger partial charge in [-0.3, -0.25) is 0 Å². The van der Waals surface area contributed by atoms with Gasteiger partial charge in [0.25, 0.3) is 0 Å². The minimum atomic E-state index is -0.352. The van der Waals surface area contributed by atoms with Crippen molar-refractivity contribution in [1.29, 1.82) is 0 Å². The Balaban J connectivity index is 2.11. The number of aliphatic hydroxyl groups excluding tert-OH is 1. The maximum absolute atomic E-state index is 9.73. The summed E-state index contributed by atoms with van der Waals surface area (Å²) in [7, 11) is 0. The molecule has 0 aliphatic carbocycles. The third kappa shape index (κ3) is 3.61. The third-order valence-corrected chi connectivity index (χ3v) is 4.17. The molecule has 2 aromatic rings. The van der Waals surface area contributed by atoms with E-state index in [0.29, 0.717) is 0 Å². The van der Waals surface area contributed by atoms with Gasteiger partial charge in [0.05, 0.1) is 6.10 Å². The van der Waals surface area contributed by atoms with Crippen LogP contribution in [0.3, 0.4) is 0 Å². The van der Waals surface area contributed by atoms with Gasteiger partial charge in [-0.25, -0.2) is 0 Å². The van der Waals surface area contributed by atoms with Gasteiger partial charge < -0.3 is 5.11 Å². The number of benzene rings is 2. The van der Waals surface area contributed by atoms with Crippen molar-refractivity contribution in [3.63, 3.8) is 0 Å². The van der Waals surface area contributed by atoms with E-state index in [4.69, 9.17) is 0 Å². The van der Waals surface area contributed by atoms with Crippen molar-refractivity contribution in [3.05, 3.63) is 58.6 Å². The highest BCUT2D eigenvalue weighted by atomic mass is 79.9. The zero-order valence-corrected chi connectivity index (χ0v) is 12.5. The molecule has 0 unspecified atom stereocenters. The lowest BCUT2D eigenvalue weighted by Gasteiger charge is -2.08. The lowest BCUT2D eigenvalue weighted by Crippen LogP contribution is -1.93. The van der Waals surface area contributed by atoms with Crippen LogP contribution in [0.15, 0.2) is 62.8 Å². The fourth-order valence-corrected chi connectivity index (χ4v) is 3.09. The molecule has 1 nitrogen and oxygen atoms in total. The lowest BCUT2D eigenvalue weighted by atomic mass is 10.1. The molecular formula is C15H15BrOS. The van der Waals surface area contributed by atoms with Crippen LogP contribution in [0.25, 0.3) is 0 Å². The molecule has 0 aromatic heterocycles. The molecule has 0 spiro atoms. The van der Waals surface area contributed by atoms with Crippen LogP contribution in [-0.4, -0.2) is 5.11 Å². The van der Waals surface area contributed by atoms with Crippen LogP contribution in [0.5, 0.6) is 0 Å². The Bertz CT molecular complexity index is 510. The molecule has 3 heteroatoms. The molecule has 0 radical (unpaired) electrons. The largest absolute Gasteiger partial charge is 0.388 e. The van der Waals surface area contributed by atoms with Gasteiger partial charge >= 0.3 is 0 Å². The normalized spacial score (nSPS) is 12.4. The minimum Gasteiger partial charge on any atom is -0.388 e. The summed E-state index contributed by atoms with van der Waals surface area (Å²) >= 11 is 5.19. The van der Waals surface area contributed by atoms with Gasteiger partial charge in [-0.1, -0.05) is 52.8 Å². The van der Waals surface area contributed by atoms with Crippen molar-refractivity contribution in [2.45, 2.75) is 29.2 Å². The monoisotopic (exact) mass is 322 g/mol. The molecule has 0 fully saturated rings. The first-order chi connectivity index (χ1) is 8.69. The van der Waals surface area contributed by atoms with Crippen LogP contribution in [0.4, 0.5) is 0 Å². The molecule has 0 heterocycles. The standard InChI is InChI=1S/C15H15BrOS/c1-2-15(17)11-6-8-13(9-7-11)18-14-5-3-4-12(16)10-14/h3-10,15,17H,2H2,1H3/t15-/m1/s1. The van der Waals surface area contributed by atoms with E-state index >= 15 is 0 Å². The SMILES string of the molecule is CC[C@@H](O)c1ccc(Sc2cccc(Br)c2)cc1. The van der Waals surface area contributed by atoms with Gasteiger partial charge in [0.15, 0.2) is 0 Å². The summed E-state index contributed by atoms with van der Waals surface area (Å²) < 4.78 is 1.09. The van der Waals surface area contributed by atoms with Gasteiger partial charge in [0.1, 0.15) is 0 Å². The summed E-state index contributed by atoms with van der Waals surface area (Å²) in [5.74, 6) is 0. The maximum atomic E-state index is 9.73. The number of halogens is 1. The first-order valence-corrected chi connectivity index (χ1v) is 7.51. The van der Waals surface area contributed by atoms with Gasteiger partial charge in [0.2, 0.25) is 0 Å². The second-order valence-electron chi connectivity index (χ2n) is 4.05. The van der Waals surface area contributed by atoms with E-state index in [9.17, 15) is 5.11 Å². The Labute approximate surface area is 120 Å². The number of hydrogen-bond donors (Lipinski definition) is 1. The second-order valence-corrected chi connectivity index (χ2v) is 6.12. The Morgan fingerprint density at radius 3 is 2.44 bits per heavy atom. The predicted molar refractivity (Wildman–Crippen MR) is 80.0 cm³/mol.